The van der Waals surface area contributed by atoms with Crippen molar-refractivity contribution in [2.24, 2.45) is 0 Å². The number of likely N-dealkylation sites (N-methyl/N-ethyl adjacent to an activating group) is 1. The van der Waals surface area contributed by atoms with Gasteiger partial charge >= 0.3 is 6.18 Å². The molecule has 1 N–H and O–H groups in total. The van der Waals surface area contributed by atoms with Gasteiger partial charge < -0.3 is 15.0 Å². The van der Waals surface area contributed by atoms with Crippen LogP contribution in [0, 0.1) is 0 Å². The Balaban J connectivity index is 1.93. The Kier molecular flexibility index (Phi) is 6.22. The van der Waals surface area contributed by atoms with Gasteiger partial charge in [0.15, 0.2) is 0 Å². The molecule has 0 spiro atoms. The lowest BCUT2D eigenvalue weighted by molar-refractivity contribution is -0.135. The van der Waals surface area contributed by atoms with Gasteiger partial charge in [-0.05, 0) is 26.4 Å². The van der Waals surface area contributed by atoms with Crippen molar-refractivity contribution in [2.75, 3.05) is 39.8 Å². The monoisotopic (exact) mass is 254 g/mol. The van der Waals surface area contributed by atoms with Crippen molar-refractivity contribution in [3.05, 3.63) is 0 Å². The average Bonchev–Trinajstić information content (AvgIpc) is 2.22. The maximum atomic E-state index is 11.9. The summed E-state index contributed by atoms with van der Waals surface area (Å²) in [5.74, 6) is 0. The first kappa shape index (κ1) is 14.7. The molecule has 1 rings (SSSR count). The number of hydrogen-bond acceptors (Lipinski definition) is 3. The Morgan fingerprint density at radius 2 is 2.12 bits per heavy atom. The molecule has 0 aromatic carbocycles. The molecule has 0 saturated carbocycles. The first-order valence-electron chi connectivity index (χ1n) is 6.05. The lowest BCUT2D eigenvalue weighted by Gasteiger charge is -2.30. The first-order valence-corrected chi connectivity index (χ1v) is 6.05. The molecule has 0 amide bonds. The van der Waals surface area contributed by atoms with Gasteiger partial charge in [-0.25, -0.2) is 0 Å². The second-order valence-electron chi connectivity index (χ2n) is 4.53. The number of alkyl halides is 3. The standard InChI is InChI=1S/C11H21F3N2O/c1-16-6-7-17-10(9-16)8-15-5-3-2-4-11(12,13)14/h10,15H,2-9H2,1H3. The van der Waals surface area contributed by atoms with Gasteiger partial charge in [0.1, 0.15) is 0 Å². The van der Waals surface area contributed by atoms with E-state index in [0.29, 0.717) is 13.0 Å². The van der Waals surface area contributed by atoms with Gasteiger partial charge in [-0.2, -0.15) is 13.2 Å². The number of hydrogen-bond donors (Lipinski definition) is 1. The second-order valence-corrected chi connectivity index (χ2v) is 4.53. The van der Waals surface area contributed by atoms with Gasteiger partial charge in [0.05, 0.1) is 12.7 Å². The SMILES string of the molecule is CN1CCOC(CNCCCCC(F)(F)F)C1. The van der Waals surface area contributed by atoms with Crippen molar-refractivity contribution in [3.8, 4) is 0 Å². The average molecular weight is 254 g/mol. The Bertz CT molecular complexity index is 211. The largest absolute Gasteiger partial charge is 0.389 e. The Hall–Kier alpha value is -0.330. The molecule has 6 heteroatoms. The zero-order chi connectivity index (χ0) is 12.7. The summed E-state index contributed by atoms with van der Waals surface area (Å²) in [4.78, 5) is 2.19. The highest BCUT2D eigenvalue weighted by atomic mass is 19.4. The fourth-order valence-corrected chi connectivity index (χ4v) is 1.83. The van der Waals surface area contributed by atoms with E-state index in [4.69, 9.17) is 4.74 Å². The Morgan fingerprint density at radius 1 is 1.35 bits per heavy atom. The molecule has 1 aliphatic rings. The van der Waals surface area contributed by atoms with Gasteiger partial charge in [-0.1, -0.05) is 0 Å². The van der Waals surface area contributed by atoms with Crippen molar-refractivity contribution < 1.29 is 17.9 Å². The number of ether oxygens (including phenoxy) is 1. The van der Waals surface area contributed by atoms with Crippen LogP contribution in [0.25, 0.3) is 0 Å². The van der Waals surface area contributed by atoms with Crippen molar-refractivity contribution in [3.63, 3.8) is 0 Å². The number of nitrogens with one attached hydrogen (secondary N) is 1. The molecular formula is C11H21F3N2O. The molecule has 0 aliphatic carbocycles. The molecule has 0 aromatic heterocycles. The van der Waals surface area contributed by atoms with E-state index < -0.39 is 12.6 Å². The molecule has 1 saturated heterocycles. The van der Waals surface area contributed by atoms with Crippen LogP contribution in [0.15, 0.2) is 0 Å². The van der Waals surface area contributed by atoms with Crippen LogP contribution in [0.4, 0.5) is 13.2 Å². The third-order valence-corrected chi connectivity index (χ3v) is 2.78. The molecule has 1 atom stereocenters. The van der Waals surface area contributed by atoms with Crippen LogP contribution in [0.5, 0.6) is 0 Å². The van der Waals surface area contributed by atoms with Crippen LogP contribution in [0.3, 0.4) is 0 Å². The molecule has 0 radical (unpaired) electrons. The predicted molar refractivity (Wildman–Crippen MR) is 60.0 cm³/mol. The van der Waals surface area contributed by atoms with Gasteiger partial charge in [0, 0.05) is 26.1 Å². The lowest BCUT2D eigenvalue weighted by Crippen LogP contribution is -2.44. The van der Waals surface area contributed by atoms with Crippen molar-refractivity contribution in [1.82, 2.24) is 10.2 Å². The van der Waals surface area contributed by atoms with Crippen molar-refractivity contribution in [2.45, 2.75) is 31.5 Å². The number of nitrogens with zero attached hydrogens (tertiary/aromatic N) is 1. The minimum Gasteiger partial charge on any atom is -0.374 e. The third kappa shape index (κ3) is 7.57. The molecule has 17 heavy (non-hydrogen) atoms. The molecule has 0 bridgehead atoms. The van der Waals surface area contributed by atoms with Crippen LogP contribution in [-0.2, 0) is 4.74 Å². The number of unbranched alkanes of at least 4 members (excludes halogenated alkanes) is 1. The highest BCUT2D eigenvalue weighted by Crippen LogP contribution is 2.21. The normalized spacial score (nSPS) is 22.9. The topological polar surface area (TPSA) is 24.5 Å². The summed E-state index contributed by atoms with van der Waals surface area (Å²) in [5, 5.41) is 3.14. The van der Waals surface area contributed by atoms with Crippen LogP contribution < -0.4 is 5.32 Å². The smallest absolute Gasteiger partial charge is 0.374 e. The Labute approximate surface area is 100 Å². The summed E-state index contributed by atoms with van der Waals surface area (Å²) >= 11 is 0. The van der Waals surface area contributed by atoms with E-state index in [0.717, 1.165) is 26.2 Å². The zero-order valence-electron chi connectivity index (χ0n) is 10.2. The first-order chi connectivity index (χ1) is 7.97. The fourth-order valence-electron chi connectivity index (χ4n) is 1.83. The molecule has 1 aliphatic heterocycles. The molecule has 0 aromatic rings. The predicted octanol–water partition coefficient (Wildman–Crippen LogP) is 1.64. The van der Waals surface area contributed by atoms with E-state index in [2.05, 4.69) is 10.2 Å². The quantitative estimate of drug-likeness (QED) is 0.729. The van der Waals surface area contributed by atoms with Gasteiger partial charge in [-0.15, -0.1) is 0 Å². The summed E-state index contributed by atoms with van der Waals surface area (Å²) in [7, 11) is 2.04. The van der Waals surface area contributed by atoms with Crippen LogP contribution >= 0.6 is 0 Å². The molecule has 1 unspecified atom stereocenters. The van der Waals surface area contributed by atoms with Crippen molar-refractivity contribution in [1.29, 1.82) is 0 Å². The molecule has 1 heterocycles. The van der Waals surface area contributed by atoms with Crippen LogP contribution in [0.2, 0.25) is 0 Å². The van der Waals surface area contributed by atoms with Gasteiger partial charge in [0.2, 0.25) is 0 Å². The highest BCUT2D eigenvalue weighted by molar-refractivity contribution is 4.70. The summed E-state index contributed by atoms with van der Waals surface area (Å²) < 4.78 is 41.1. The van der Waals surface area contributed by atoms with Crippen LogP contribution in [-0.4, -0.2) is 57.0 Å². The van der Waals surface area contributed by atoms with Crippen molar-refractivity contribution >= 4 is 0 Å². The van der Waals surface area contributed by atoms with E-state index in [1.807, 2.05) is 7.05 Å². The Morgan fingerprint density at radius 3 is 2.76 bits per heavy atom. The maximum absolute atomic E-state index is 11.9. The molecular weight excluding hydrogens is 233 g/mol. The number of morpholine rings is 1. The maximum Gasteiger partial charge on any atom is 0.389 e. The summed E-state index contributed by atoms with van der Waals surface area (Å²) in [6, 6.07) is 0. The van der Waals surface area contributed by atoms with Crippen LogP contribution in [0.1, 0.15) is 19.3 Å². The number of halogens is 3. The zero-order valence-corrected chi connectivity index (χ0v) is 10.2. The van der Waals surface area contributed by atoms with Gasteiger partial charge in [0.25, 0.3) is 0 Å². The minimum absolute atomic E-state index is 0.163. The highest BCUT2D eigenvalue weighted by Gasteiger charge is 2.25. The fraction of sp³-hybridized carbons (Fsp3) is 1.00. The second kappa shape index (κ2) is 7.18. The summed E-state index contributed by atoms with van der Waals surface area (Å²) in [6.07, 6.45) is -3.78. The van der Waals surface area contributed by atoms with E-state index in [1.54, 1.807) is 0 Å². The molecule has 102 valence electrons. The summed E-state index contributed by atoms with van der Waals surface area (Å²) in [6.45, 7) is 3.91. The van der Waals surface area contributed by atoms with E-state index in [9.17, 15) is 13.2 Å². The van der Waals surface area contributed by atoms with Gasteiger partial charge in [-0.3, -0.25) is 0 Å². The lowest BCUT2D eigenvalue weighted by atomic mass is 10.2. The minimum atomic E-state index is -4.02. The van der Waals surface area contributed by atoms with E-state index in [1.165, 1.54) is 0 Å². The molecule has 3 nitrogen and oxygen atoms in total. The third-order valence-electron chi connectivity index (χ3n) is 2.78. The van der Waals surface area contributed by atoms with E-state index in [-0.39, 0.29) is 12.5 Å². The molecule has 1 fully saturated rings. The van der Waals surface area contributed by atoms with E-state index >= 15 is 0 Å². The summed E-state index contributed by atoms with van der Waals surface area (Å²) in [5.41, 5.74) is 0. The number of rotatable bonds is 6.